The average molecular weight is 621 g/mol. The number of nitrogens with one attached hydrogen (secondary N) is 2. The molecule has 3 aliphatic rings. The number of likely N-dealkylation sites (N-methyl/N-ethyl adjacent to an activating group) is 1. The van der Waals surface area contributed by atoms with Gasteiger partial charge in [0.05, 0.1) is 12.4 Å². The number of aliphatic hydroxyl groups excluding tert-OH is 1. The maximum Gasteiger partial charge on any atom is 0.248 e. The Labute approximate surface area is 254 Å². The lowest BCUT2D eigenvalue weighted by Gasteiger charge is -2.51. The molecule has 2 aromatic carbocycles. The van der Waals surface area contributed by atoms with Crippen molar-refractivity contribution in [3.05, 3.63) is 54.1 Å². The Morgan fingerprint density at radius 3 is 2.14 bits per heavy atom. The Balaban J connectivity index is 0.00000405. The number of piperidine rings is 1. The number of anilines is 1. The highest BCUT2D eigenvalue weighted by Gasteiger charge is 2.54. The zero-order chi connectivity index (χ0) is 29.2. The highest BCUT2D eigenvalue weighted by molar-refractivity contribution is 7.92. The minimum Gasteiger partial charge on any atom is -0.457 e. The van der Waals surface area contributed by atoms with Gasteiger partial charge in [-0.1, -0.05) is 31.4 Å². The normalized spacial score (nSPS) is 22.3. The van der Waals surface area contributed by atoms with Gasteiger partial charge in [0.25, 0.3) is 0 Å². The van der Waals surface area contributed by atoms with Crippen LogP contribution in [0.4, 0.5) is 5.69 Å². The van der Waals surface area contributed by atoms with Crippen LogP contribution in [0.5, 0.6) is 11.5 Å². The van der Waals surface area contributed by atoms with Crippen molar-refractivity contribution in [1.82, 2.24) is 15.1 Å². The summed E-state index contributed by atoms with van der Waals surface area (Å²) in [6, 6.07) is 13.6. The monoisotopic (exact) mass is 620 g/mol. The summed E-state index contributed by atoms with van der Waals surface area (Å²) in [5, 5.41) is 13.9. The number of carbonyl (C=O) groups excluding carboxylic acids is 2. The number of likely N-dealkylation sites (tertiary alicyclic amines) is 1. The van der Waals surface area contributed by atoms with E-state index in [1.807, 2.05) is 24.3 Å². The molecule has 0 bridgehead atoms. The Kier molecular flexibility index (Phi) is 10.1. The first kappa shape index (κ1) is 32.1. The van der Waals surface area contributed by atoms with E-state index in [9.17, 15) is 23.1 Å². The summed E-state index contributed by atoms with van der Waals surface area (Å²) >= 11 is 0. The number of halogens is 1. The van der Waals surface area contributed by atoms with Gasteiger partial charge < -0.3 is 20.1 Å². The third-order valence-electron chi connectivity index (χ3n) is 8.83. The number of benzene rings is 2. The summed E-state index contributed by atoms with van der Waals surface area (Å²) in [6.07, 6.45) is 6.42. The lowest BCUT2D eigenvalue weighted by atomic mass is 9.78. The molecule has 0 unspecified atom stereocenters. The largest absolute Gasteiger partial charge is 0.457 e. The molecule has 3 N–H and O–H groups in total. The quantitative estimate of drug-likeness (QED) is 0.412. The predicted molar refractivity (Wildman–Crippen MR) is 163 cm³/mol. The second kappa shape index (κ2) is 13.2. The van der Waals surface area contributed by atoms with Crippen LogP contribution in [-0.2, 0) is 26.2 Å². The summed E-state index contributed by atoms with van der Waals surface area (Å²) in [5.74, 6) is 0.979. The van der Waals surface area contributed by atoms with Crippen LogP contribution in [0.1, 0.15) is 50.5 Å². The smallest absolute Gasteiger partial charge is 0.248 e. The van der Waals surface area contributed by atoms with E-state index in [1.165, 1.54) is 0 Å². The van der Waals surface area contributed by atoms with Gasteiger partial charge in [-0.05, 0) is 73.6 Å². The molecule has 230 valence electrons. The Morgan fingerprint density at radius 1 is 1.00 bits per heavy atom. The molecule has 2 aliphatic heterocycles. The van der Waals surface area contributed by atoms with E-state index in [1.54, 1.807) is 36.2 Å². The molecule has 10 nitrogen and oxygen atoms in total. The molecule has 1 saturated carbocycles. The van der Waals surface area contributed by atoms with E-state index in [0.717, 1.165) is 43.9 Å². The molecule has 2 aromatic rings. The number of hydrogen-bond acceptors (Lipinski definition) is 7. The summed E-state index contributed by atoms with van der Waals surface area (Å²) in [5.41, 5.74) is 0.700. The second-order valence-electron chi connectivity index (χ2n) is 11.7. The number of nitrogens with zero attached hydrogens (tertiary/aromatic N) is 2. The molecule has 0 radical (unpaired) electrons. The van der Waals surface area contributed by atoms with Crippen molar-refractivity contribution < 1.29 is 27.9 Å². The lowest BCUT2D eigenvalue weighted by Crippen LogP contribution is -2.74. The molecular formula is C30H41ClN4O6S. The fourth-order valence-corrected chi connectivity index (χ4v) is 6.96. The van der Waals surface area contributed by atoms with Crippen LogP contribution in [0.25, 0.3) is 0 Å². The van der Waals surface area contributed by atoms with Crippen LogP contribution in [0.15, 0.2) is 48.5 Å². The molecular weight excluding hydrogens is 580 g/mol. The summed E-state index contributed by atoms with van der Waals surface area (Å²) in [6.45, 7) is 2.06. The zero-order valence-corrected chi connectivity index (χ0v) is 25.8. The minimum absolute atomic E-state index is 0. The molecule has 3 fully saturated rings. The number of hydrogen-bond donors (Lipinski definition) is 3. The average Bonchev–Trinajstić information content (AvgIpc) is 2.96. The van der Waals surface area contributed by atoms with Gasteiger partial charge >= 0.3 is 0 Å². The van der Waals surface area contributed by atoms with Gasteiger partial charge in [-0.3, -0.25) is 19.2 Å². The van der Waals surface area contributed by atoms with Crippen molar-refractivity contribution in [2.75, 3.05) is 31.1 Å². The van der Waals surface area contributed by atoms with Crippen molar-refractivity contribution in [1.29, 1.82) is 0 Å². The summed E-state index contributed by atoms with van der Waals surface area (Å²) in [4.78, 5) is 30.6. The van der Waals surface area contributed by atoms with Crippen LogP contribution in [-0.4, -0.2) is 79.2 Å². The van der Waals surface area contributed by atoms with Crippen LogP contribution >= 0.6 is 12.4 Å². The molecule has 2 saturated heterocycles. The van der Waals surface area contributed by atoms with Gasteiger partial charge in [-0.2, -0.15) is 0 Å². The zero-order valence-electron chi connectivity index (χ0n) is 24.1. The highest BCUT2D eigenvalue weighted by Crippen LogP contribution is 2.35. The van der Waals surface area contributed by atoms with Crippen molar-refractivity contribution >= 4 is 39.9 Å². The van der Waals surface area contributed by atoms with Crippen LogP contribution in [0, 0.1) is 5.92 Å². The Bertz CT molecular complexity index is 1340. The molecule has 2 atom stereocenters. The van der Waals surface area contributed by atoms with Gasteiger partial charge in [0, 0.05) is 32.4 Å². The minimum atomic E-state index is -3.33. The number of ether oxygens (including phenoxy) is 1. The number of sulfonamides is 1. The first-order valence-corrected chi connectivity index (χ1v) is 16.3. The molecule has 2 heterocycles. The Morgan fingerprint density at radius 2 is 1.57 bits per heavy atom. The number of aliphatic hydroxyl groups is 1. The molecule has 42 heavy (non-hydrogen) atoms. The maximum absolute atomic E-state index is 13.4. The number of piperazine rings is 1. The topological polar surface area (TPSA) is 128 Å². The van der Waals surface area contributed by atoms with Crippen molar-refractivity contribution in [2.24, 2.45) is 5.92 Å². The van der Waals surface area contributed by atoms with Crippen molar-refractivity contribution in [3.8, 4) is 11.5 Å². The summed E-state index contributed by atoms with van der Waals surface area (Å²) < 4.78 is 31.1. The van der Waals surface area contributed by atoms with Gasteiger partial charge in [0.2, 0.25) is 21.8 Å². The van der Waals surface area contributed by atoms with Gasteiger partial charge in [0.15, 0.2) is 0 Å². The standard InChI is InChI=1S/C30H40N4O6S.ClH/c1-33-28(36)26(27(35)22-6-4-3-5-7-22)31-29(37)30(33)16-18-34(19-17-30)20-21-8-12-24(13-9-21)40-25-14-10-23(11-15-25)32-41(2,38)39;/h8-15,22,26-27,32,35H,3-7,16-20H2,1-2H3,(H,31,37);1H/t26-,27-;/m1./s1. The SMILES string of the molecule is CN1C(=O)[C@@H]([C@H](O)C2CCCCC2)NC(=O)C12CCN(Cc1ccc(Oc3ccc(NS(C)(=O)=O)cc3)cc1)CC2.Cl. The van der Waals surface area contributed by atoms with E-state index >= 15 is 0 Å². The first-order chi connectivity index (χ1) is 19.5. The van der Waals surface area contributed by atoms with Crippen molar-refractivity contribution in [2.45, 2.75) is 69.2 Å². The molecule has 0 aromatic heterocycles. The second-order valence-corrected chi connectivity index (χ2v) is 13.4. The maximum atomic E-state index is 13.4. The number of rotatable bonds is 8. The van der Waals surface area contributed by atoms with E-state index in [2.05, 4.69) is 14.9 Å². The van der Waals surface area contributed by atoms with E-state index in [0.29, 0.717) is 49.7 Å². The summed E-state index contributed by atoms with van der Waals surface area (Å²) in [7, 11) is -1.62. The molecule has 12 heteroatoms. The lowest BCUT2D eigenvalue weighted by molar-refractivity contribution is -0.163. The molecule has 1 spiro atoms. The van der Waals surface area contributed by atoms with Crippen molar-refractivity contribution in [3.63, 3.8) is 0 Å². The molecule has 2 amide bonds. The third-order valence-corrected chi connectivity index (χ3v) is 9.43. The van der Waals surface area contributed by atoms with Crippen LogP contribution in [0.3, 0.4) is 0 Å². The molecule has 1 aliphatic carbocycles. The highest BCUT2D eigenvalue weighted by atomic mass is 35.5. The third kappa shape index (κ3) is 7.19. The first-order valence-electron chi connectivity index (χ1n) is 14.4. The van der Waals surface area contributed by atoms with Gasteiger partial charge in [0.1, 0.15) is 23.1 Å². The molecule has 5 rings (SSSR count). The fourth-order valence-electron chi connectivity index (χ4n) is 6.39. The predicted octanol–water partition coefficient (Wildman–Crippen LogP) is 3.50. The van der Waals surface area contributed by atoms with E-state index in [-0.39, 0.29) is 30.1 Å². The van der Waals surface area contributed by atoms with E-state index < -0.39 is 27.7 Å². The number of amides is 2. The van der Waals surface area contributed by atoms with Gasteiger partial charge in [-0.25, -0.2) is 8.42 Å². The van der Waals surface area contributed by atoms with Crippen LogP contribution < -0.4 is 14.8 Å². The Hall–Kier alpha value is -2.86. The van der Waals surface area contributed by atoms with Gasteiger partial charge in [-0.15, -0.1) is 12.4 Å². The number of carbonyl (C=O) groups is 2. The van der Waals surface area contributed by atoms with E-state index in [4.69, 9.17) is 4.74 Å². The fraction of sp³-hybridized carbons (Fsp3) is 0.533. The van der Waals surface area contributed by atoms with Crippen LogP contribution in [0.2, 0.25) is 0 Å².